The Morgan fingerprint density at radius 1 is 1.04 bits per heavy atom. The van der Waals surface area contributed by atoms with Crippen molar-refractivity contribution in [3.8, 4) is 0 Å². The van der Waals surface area contributed by atoms with Crippen LogP contribution in [-0.2, 0) is 10.2 Å². The minimum atomic E-state index is 0.0584. The summed E-state index contributed by atoms with van der Waals surface area (Å²) >= 11 is 0. The first-order chi connectivity index (χ1) is 11.5. The van der Waals surface area contributed by atoms with Crippen LogP contribution in [0, 0.1) is 0 Å². The average molecular weight is 321 g/mol. The third-order valence-corrected chi connectivity index (χ3v) is 5.02. The largest absolute Gasteiger partial charge is 0.326 e. The summed E-state index contributed by atoms with van der Waals surface area (Å²) in [7, 11) is 0. The lowest BCUT2D eigenvalue weighted by Gasteiger charge is -2.14. The Morgan fingerprint density at radius 3 is 2.46 bits per heavy atom. The van der Waals surface area contributed by atoms with Gasteiger partial charge in [0.2, 0.25) is 11.6 Å². The predicted octanol–water partition coefficient (Wildman–Crippen LogP) is 4.50. The molecule has 0 aromatic heterocycles. The predicted molar refractivity (Wildman–Crippen MR) is 99.2 cm³/mol. The molecule has 0 saturated carbocycles. The Morgan fingerprint density at radius 2 is 1.71 bits per heavy atom. The van der Waals surface area contributed by atoms with Crippen molar-refractivity contribution >= 4 is 23.0 Å². The van der Waals surface area contributed by atoms with Gasteiger partial charge in [-0.05, 0) is 26.0 Å². The molecule has 0 unspecified atom stereocenters. The van der Waals surface area contributed by atoms with E-state index in [2.05, 4.69) is 54.9 Å². The van der Waals surface area contributed by atoms with E-state index in [1.807, 2.05) is 30.3 Å². The zero-order valence-corrected chi connectivity index (χ0v) is 14.7. The standard InChI is InChI=1S/C21H24N2O/c1-16-21(2,3)18-12-7-8-13-19(18)23(16)15-9-14-20(24)22-17-10-5-4-6-11-17/h4-8,10-13H,9,14-15H2,1-3H3/p+1. The SMILES string of the molecule is CC1=[N+](CCCC(=O)Nc2ccccc2)c2ccccc2C1(C)C. The van der Waals surface area contributed by atoms with Gasteiger partial charge in [-0.25, -0.2) is 0 Å². The Labute approximate surface area is 144 Å². The number of nitrogens with one attached hydrogen (secondary N) is 1. The number of amides is 1. The maximum Gasteiger partial charge on any atom is 0.224 e. The van der Waals surface area contributed by atoms with E-state index < -0.39 is 0 Å². The number of nitrogens with zero attached hydrogens (tertiary/aromatic N) is 1. The summed E-state index contributed by atoms with van der Waals surface area (Å²) in [5.41, 5.74) is 4.92. The smallest absolute Gasteiger partial charge is 0.224 e. The van der Waals surface area contributed by atoms with Gasteiger partial charge in [-0.3, -0.25) is 4.79 Å². The van der Waals surface area contributed by atoms with E-state index in [0.717, 1.165) is 18.7 Å². The Kier molecular flexibility index (Phi) is 4.52. The van der Waals surface area contributed by atoms with Gasteiger partial charge >= 0.3 is 0 Å². The molecule has 1 heterocycles. The minimum absolute atomic E-state index is 0.0584. The fraction of sp³-hybridized carbons (Fsp3) is 0.333. The second-order valence-electron chi connectivity index (χ2n) is 6.90. The van der Waals surface area contributed by atoms with E-state index in [-0.39, 0.29) is 11.3 Å². The number of carbonyl (C=O) groups excluding carboxylic acids is 1. The lowest BCUT2D eigenvalue weighted by molar-refractivity contribution is -0.439. The molecule has 0 spiro atoms. The van der Waals surface area contributed by atoms with Crippen molar-refractivity contribution in [3.63, 3.8) is 0 Å². The van der Waals surface area contributed by atoms with Crippen LogP contribution in [0.3, 0.4) is 0 Å². The molecule has 0 aliphatic carbocycles. The molecule has 0 fully saturated rings. The molecular weight excluding hydrogens is 296 g/mol. The van der Waals surface area contributed by atoms with Crippen molar-refractivity contribution in [2.24, 2.45) is 0 Å². The van der Waals surface area contributed by atoms with Crippen LogP contribution >= 0.6 is 0 Å². The van der Waals surface area contributed by atoms with Crippen LogP contribution in [0.15, 0.2) is 54.6 Å². The summed E-state index contributed by atoms with van der Waals surface area (Å²) in [4.78, 5) is 12.1. The molecule has 0 bridgehead atoms. The van der Waals surface area contributed by atoms with Gasteiger partial charge in [0.05, 0.1) is 5.41 Å². The summed E-state index contributed by atoms with van der Waals surface area (Å²) in [6.45, 7) is 7.60. The molecule has 1 aliphatic rings. The van der Waals surface area contributed by atoms with Gasteiger partial charge in [0, 0.05) is 37.1 Å². The van der Waals surface area contributed by atoms with Crippen LogP contribution in [0.4, 0.5) is 11.4 Å². The van der Waals surface area contributed by atoms with Crippen molar-refractivity contribution < 1.29 is 9.37 Å². The van der Waals surface area contributed by atoms with Crippen molar-refractivity contribution in [2.45, 2.75) is 39.0 Å². The molecule has 24 heavy (non-hydrogen) atoms. The highest BCUT2D eigenvalue weighted by Crippen LogP contribution is 2.39. The number of benzene rings is 2. The number of hydrogen-bond donors (Lipinski definition) is 1. The zero-order chi connectivity index (χ0) is 17.2. The highest BCUT2D eigenvalue weighted by atomic mass is 16.1. The van der Waals surface area contributed by atoms with Crippen molar-refractivity contribution in [2.75, 3.05) is 11.9 Å². The molecule has 1 aliphatic heterocycles. The van der Waals surface area contributed by atoms with Crippen LogP contribution in [-0.4, -0.2) is 22.7 Å². The molecule has 3 heteroatoms. The second-order valence-corrected chi connectivity index (χ2v) is 6.90. The van der Waals surface area contributed by atoms with E-state index >= 15 is 0 Å². The first-order valence-corrected chi connectivity index (χ1v) is 8.56. The van der Waals surface area contributed by atoms with Crippen LogP contribution in [0.25, 0.3) is 0 Å². The van der Waals surface area contributed by atoms with Gasteiger partial charge in [-0.15, -0.1) is 0 Å². The van der Waals surface area contributed by atoms with E-state index in [0.29, 0.717) is 6.42 Å². The molecule has 2 aromatic carbocycles. The Hall–Kier alpha value is -2.42. The number of fused-ring (bicyclic) bond motifs is 1. The highest BCUT2D eigenvalue weighted by molar-refractivity contribution is 5.93. The summed E-state index contributed by atoms with van der Waals surface area (Å²) in [5, 5.41) is 2.95. The number of rotatable bonds is 5. The first-order valence-electron chi connectivity index (χ1n) is 8.56. The maximum atomic E-state index is 12.1. The van der Waals surface area contributed by atoms with Crippen LogP contribution in [0.5, 0.6) is 0 Å². The van der Waals surface area contributed by atoms with Crippen molar-refractivity contribution in [1.82, 2.24) is 0 Å². The molecule has 2 aromatic rings. The second kappa shape index (κ2) is 6.60. The molecule has 124 valence electrons. The lowest BCUT2D eigenvalue weighted by atomic mass is 9.82. The fourth-order valence-corrected chi connectivity index (χ4v) is 3.38. The molecule has 0 atom stereocenters. The molecule has 0 saturated heterocycles. The van der Waals surface area contributed by atoms with E-state index in [1.165, 1.54) is 17.0 Å². The topological polar surface area (TPSA) is 32.1 Å². The maximum absolute atomic E-state index is 12.1. The highest BCUT2D eigenvalue weighted by Gasteiger charge is 2.42. The van der Waals surface area contributed by atoms with Gasteiger partial charge in [0.1, 0.15) is 6.54 Å². The van der Waals surface area contributed by atoms with E-state index in [4.69, 9.17) is 0 Å². The van der Waals surface area contributed by atoms with Crippen LogP contribution in [0.1, 0.15) is 39.2 Å². The van der Waals surface area contributed by atoms with Crippen LogP contribution in [0.2, 0.25) is 0 Å². The van der Waals surface area contributed by atoms with Gasteiger partial charge < -0.3 is 5.32 Å². The number of anilines is 1. The zero-order valence-electron chi connectivity index (χ0n) is 14.7. The lowest BCUT2D eigenvalue weighted by Crippen LogP contribution is -2.27. The van der Waals surface area contributed by atoms with Gasteiger partial charge in [-0.2, -0.15) is 4.58 Å². The quantitative estimate of drug-likeness (QED) is 0.808. The van der Waals surface area contributed by atoms with Crippen molar-refractivity contribution in [3.05, 3.63) is 60.2 Å². The normalized spacial score (nSPS) is 15.3. The first kappa shape index (κ1) is 16.4. The van der Waals surface area contributed by atoms with Gasteiger partial charge in [-0.1, -0.05) is 36.4 Å². The Balaban J connectivity index is 1.63. The molecule has 0 radical (unpaired) electrons. The van der Waals surface area contributed by atoms with E-state index in [1.54, 1.807) is 0 Å². The monoisotopic (exact) mass is 321 g/mol. The Bertz CT molecular complexity index is 775. The van der Waals surface area contributed by atoms with Crippen LogP contribution < -0.4 is 5.32 Å². The molecule has 1 N–H and O–H groups in total. The number of para-hydroxylation sites is 2. The molecule has 3 rings (SSSR count). The average Bonchev–Trinajstić information content (AvgIpc) is 2.77. The summed E-state index contributed by atoms with van der Waals surface area (Å²) in [6, 6.07) is 18.2. The number of hydrogen-bond acceptors (Lipinski definition) is 1. The summed E-state index contributed by atoms with van der Waals surface area (Å²) in [5.74, 6) is 0.0746. The molecule has 1 amide bonds. The van der Waals surface area contributed by atoms with Gasteiger partial charge in [0.25, 0.3) is 0 Å². The minimum Gasteiger partial charge on any atom is -0.326 e. The third-order valence-electron chi connectivity index (χ3n) is 5.02. The van der Waals surface area contributed by atoms with E-state index in [9.17, 15) is 4.79 Å². The number of carbonyl (C=O) groups is 1. The fourth-order valence-electron chi connectivity index (χ4n) is 3.38. The molecule has 3 nitrogen and oxygen atoms in total. The molecular formula is C21H25N2O+. The van der Waals surface area contributed by atoms with Gasteiger partial charge in [0.15, 0.2) is 5.71 Å². The summed E-state index contributed by atoms with van der Waals surface area (Å²) in [6.07, 6.45) is 1.36. The van der Waals surface area contributed by atoms with Crippen molar-refractivity contribution in [1.29, 1.82) is 0 Å². The third kappa shape index (κ3) is 3.12. The summed E-state index contributed by atoms with van der Waals surface area (Å²) < 4.78 is 2.37.